The van der Waals surface area contributed by atoms with Crippen LogP contribution >= 0.6 is 11.6 Å². The zero-order valence-electron chi connectivity index (χ0n) is 9.77. The molecule has 20 heavy (non-hydrogen) atoms. The monoisotopic (exact) mass is 319 g/mol. The summed E-state index contributed by atoms with van der Waals surface area (Å²) < 4.78 is 52.9. The second kappa shape index (κ2) is 5.22. The van der Waals surface area contributed by atoms with Gasteiger partial charge in [-0.1, -0.05) is 11.6 Å². The van der Waals surface area contributed by atoms with E-state index in [0.29, 0.717) is 0 Å². The average Bonchev–Trinajstić information content (AvgIpc) is 2.38. The zero-order valence-corrected chi connectivity index (χ0v) is 11.3. The van der Waals surface area contributed by atoms with Crippen molar-refractivity contribution < 1.29 is 17.2 Å². The van der Waals surface area contributed by atoms with Gasteiger partial charge >= 0.3 is 0 Å². The van der Waals surface area contributed by atoms with Gasteiger partial charge in [-0.25, -0.2) is 17.2 Å². The van der Waals surface area contributed by atoms with E-state index in [1.165, 1.54) is 12.3 Å². The number of anilines is 2. The molecule has 106 valence electrons. The summed E-state index contributed by atoms with van der Waals surface area (Å²) in [6.07, 6.45) is 2.52. The molecule has 0 spiro atoms. The maximum absolute atomic E-state index is 13.7. The van der Waals surface area contributed by atoms with E-state index in [0.717, 1.165) is 18.3 Å². The summed E-state index contributed by atoms with van der Waals surface area (Å²) in [6, 6.07) is 2.89. The van der Waals surface area contributed by atoms with Crippen molar-refractivity contribution in [1.29, 1.82) is 0 Å². The fraction of sp³-hybridized carbons (Fsp3) is 0. The number of nitrogens with zero attached hydrogens (tertiary/aromatic N) is 1. The van der Waals surface area contributed by atoms with Gasteiger partial charge in [0.05, 0.1) is 16.9 Å². The number of hydrogen-bond acceptors (Lipinski definition) is 4. The van der Waals surface area contributed by atoms with Crippen LogP contribution < -0.4 is 10.5 Å². The molecule has 1 aromatic carbocycles. The van der Waals surface area contributed by atoms with Crippen molar-refractivity contribution in [3.8, 4) is 0 Å². The third-order valence-corrected chi connectivity index (χ3v) is 4.11. The molecule has 3 N–H and O–H groups in total. The van der Waals surface area contributed by atoms with Crippen molar-refractivity contribution in [3.05, 3.63) is 47.2 Å². The number of aromatic nitrogens is 1. The average molecular weight is 320 g/mol. The molecule has 0 fully saturated rings. The molecule has 0 bridgehead atoms. The predicted molar refractivity (Wildman–Crippen MR) is 70.8 cm³/mol. The van der Waals surface area contributed by atoms with E-state index in [9.17, 15) is 17.2 Å². The van der Waals surface area contributed by atoms with Crippen LogP contribution in [0.4, 0.5) is 20.2 Å². The van der Waals surface area contributed by atoms with E-state index in [2.05, 4.69) is 9.71 Å². The first kappa shape index (κ1) is 14.5. The van der Waals surface area contributed by atoms with Gasteiger partial charge in [0.2, 0.25) is 0 Å². The molecule has 0 unspecified atom stereocenters. The van der Waals surface area contributed by atoms with Crippen molar-refractivity contribution in [2.24, 2.45) is 0 Å². The lowest BCUT2D eigenvalue weighted by molar-refractivity contribution is 0.557. The summed E-state index contributed by atoms with van der Waals surface area (Å²) in [4.78, 5) is 2.91. The van der Waals surface area contributed by atoms with Gasteiger partial charge in [0.1, 0.15) is 16.4 Å². The summed E-state index contributed by atoms with van der Waals surface area (Å²) in [5, 5.41) is 0.0825. The Morgan fingerprint density at radius 2 is 1.95 bits per heavy atom. The van der Waals surface area contributed by atoms with E-state index in [1.807, 2.05) is 0 Å². The Labute approximate surface area is 118 Å². The molecule has 0 saturated heterocycles. The molecule has 0 aliphatic heterocycles. The van der Waals surface area contributed by atoms with E-state index >= 15 is 0 Å². The number of hydrogen-bond donors (Lipinski definition) is 2. The Kier molecular flexibility index (Phi) is 3.78. The predicted octanol–water partition coefficient (Wildman–Crippen LogP) is 2.40. The molecule has 0 amide bonds. The zero-order chi connectivity index (χ0) is 14.9. The highest BCUT2D eigenvalue weighted by atomic mass is 35.5. The molecule has 5 nitrogen and oxygen atoms in total. The Morgan fingerprint density at radius 1 is 1.25 bits per heavy atom. The molecule has 2 aromatic rings. The quantitative estimate of drug-likeness (QED) is 0.851. The van der Waals surface area contributed by atoms with Crippen molar-refractivity contribution in [3.63, 3.8) is 0 Å². The van der Waals surface area contributed by atoms with E-state index in [-0.39, 0.29) is 10.7 Å². The third-order valence-electron chi connectivity index (χ3n) is 2.39. The molecule has 1 heterocycles. The molecular formula is C11H8ClF2N3O2S. The lowest BCUT2D eigenvalue weighted by Gasteiger charge is -2.10. The van der Waals surface area contributed by atoms with Crippen LogP contribution in [0.15, 0.2) is 35.5 Å². The molecular weight excluding hydrogens is 312 g/mol. The molecule has 2 rings (SSSR count). The van der Waals surface area contributed by atoms with Crippen LogP contribution in [0.3, 0.4) is 0 Å². The molecule has 0 saturated carbocycles. The van der Waals surface area contributed by atoms with Crippen LogP contribution in [0.25, 0.3) is 0 Å². The van der Waals surface area contributed by atoms with Crippen LogP contribution in [0, 0.1) is 11.6 Å². The standard InChI is InChI=1S/C11H8ClF2N3O2S/c12-6-3-4-16-5-8(6)17-20(18,19)9-2-1-7(13)11(15)10(9)14/h1-5,17H,15H2. The Bertz CT molecular complexity index is 768. The Morgan fingerprint density at radius 3 is 2.60 bits per heavy atom. The van der Waals surface area contributed by atoms with Gasteiger partial charge in [0, 0.05) is 6.20 Å². The first-order chi connectivity index (χ1) is 9.33. The second-order valence-corrected chi connectivity index (χ2v) is 5.79. The number of benzene rings is 1. The van der Waals surface area contributed by atoms with E-state index in [1.54, 1.807) is 0 Å². The van der Waals surface area contributed by atoms with Crippen LogP contribution in [0.1, 0.15) is 0 Å². The summed E-state index contributed by atoms with van der Waals surface area (Å²) in [5.41, 5.74) is 4.22. The minimum Gasteiger partial charge on any atom is -0.394 e. The topological polar surface area (TPSA) is 85.1 Å². The summed E-state index contributed by atoms with van der Waals surface area (Å²) >= 11 is 5.77. The number of halogens is 3. The van der Waals surface area contributed by atoms with Gasteiger partial charge in [0.25, 0.3) is 10.0 Å². The van der Waals surface area contributed by atoms with Crippen molar-refractivity contribution in [2.75, 3.05) is 10.5 Å². The first-order valence-corrected chi connectivity index (χ1v) is 7.05. The van der Waals surface area contributed by atoms with Gasteiger partial charge in [-0.3, -0.25) is 9.71 Å². The number of nitrogens with two attached hydrogens (primary N) is 1. The van der Waals surface area contributed by atoms with Crippen LogP contribution in [-0.2, 0) is 10.0 Å². The minimum absolute atomic E-state index is 0.0311. The highest BCUT2D eigenvalue weighted by Crippen LogP contribution is 2.27. The molecule has 0 atom stereocenters. The van der Waals surface area contributed by atoms with Crippen LogP contribution in [0.5, 0.6) is 0 Å². The molecule has 0 aliphatic carbocycles. The fourth-order valence-corrected chi connectivity index (χ4v) is 2.77. The van der Waals surface area contributed by atoms with Gasteiger partial charge in [-0.2, -0.15) is 0 Å². The Hall–Kier alpha value is -1.93. The number of rotatable bonds is 3. The minimum atomic E-state index is -4.30. The van der Waals surface area contributed by atoms with Crippen molar-refractivity contribution in [1.82, 2.24) is 4.98 Å². The molecule has 9 heteroatoms. The van der Waals surface area contributed by atoms with Crippen molar-refractivity contribution >= 4 is 33.0 Å². The van der Waals surface area contributed by atoms with Gasteiger partial charge < -0.3 is 5.73 Å². The number of nitrogen functional groups attached to an aromatic ring is 1. The Balaban J connectivity index is 2.47. The smallest absolute Gasteiger partial charge is 0.264 e. The summed E-state index contributed by atoms with van der Waals surface area (Å²) in [7, 11) is -4.30. The van der Waals surface area contributed by atoms with Gasteiger partial charge in [-0.05, 0) is 18.2 Å². The van der Waals surface area contributed by atoms with Crippen molar-refractivity contribution in [2.45, 2.75) is 4.90 Å². The fourth-order valence-electron chi connectivity index (χ4n) is 1.41. The lowest BCUT2D eigenvalue weighted by Crippen LogP contribution is -2.16. The second-order valence-electron chi connectivity index (χ2n) is 3.73. The van der Waals surface area contributed by atoms with Crippen LogP contribution in [0.2, 0.25) is 5.02 Å². The van der Waals surface area contributed by atoms with Gasteiger partial charge in [0.15, 0.2) is 5.82 Å². The largest absolute Gasteiger partial charge is 0.394 e. The van der Waals surface area contributed by atoms with E-state index in [4.69, 9.17) is 17.3 Å². The number of sulfonamides is 1. The molecule has 0 radical (unpaired) electrons. The molecule has 0 aliphatic rings. The van der Waals surface area contributed by atoms with Crippen LogP contribution in [-0.4, -0.2) is 13.4 Å². The maximum atomic E-state index is 13.7. The number of nitrogens with one attached hydrogen (secondary N) is 1. The SMILES string of the molecule is Nc1c(F)ccc(S(=O)(=O)Nc2cnccc2Cl)c1F. The van der Waals surface area contributed by atoms with E-state index < -0.39 is 32.2 Å². The first-order valence-electron chi connectivity index (χ1n) is 5.18. The third kappa shape index (κ3) is 2.66. The molecule has 1 aromatic heterocycles. The number of pyridine rings is 1. The summed E-state index contributed by atoms with van der Waals surface area (Å²) in [6.45, 7) is 0. The highest BCUT2D eigenvalue weighted by Gasteiger charge is 2.23. The lowest BCUT2D eigenvalue weighted by atomic mass is 10.3. The van der Waals surface area contributed by atoms with Gasteiger partial charge in [-0.15, -0.1) is 0 Å². The highest BCUT2D eigenvalue weighted by molar-refractivity contribution is 7.92. The normalized spacial score (nSPS) is 11.3. The maximum Gasteiger partial charge on any atom is 0.264 e. The summed E-state index contributed by atoms with van der Waals surface area (Å²) in [5.74, 6) is -2.40.